The van der Waals surface area contributed by atoms with Crippen LogP contribution in [0.5, 0.6) is 0 Å². The normalized spacial score (nSPS) is 30.4. The number of alkyl halides is 1. The summed E-state index contributed by atoms with van der Waals surface area (Å²) in [6.45, 7) is 0. The number of esters is 1. The van der Waals surface area contributed by atoms with Crippen LogP contribution in [-0.4, -0.2) is 17.0 Å². The minimum atomic E-state index is -0.0551. The van der Waals surface area contributed by atoms with E-state index in [9.17, 15) is 4.79 Å². The van der Waals surface area contributed by atoms with Crippen molar-refractivity contribution in [3.8, 4) is 0 Å². The molecule has 0 spiro atoms. The van der Waals surface area contributed by atoms with Crippen molar-refractivity contribution < 1.29 is 9.53 Å². The maximum absolute atomic E-state index is 10.8. The van der Waals surface area contributed by atoms with Gasteiger partial charge in [0.25, 0.3) is 0 Å². The van der Waals surface area contributed by atoms with Crippen LogP contribution in [0.1, 0.15) is 25.7 Å². The van der Waals surface area contributed by atoms with Gasteiger partial charge in [0.1, 0.15) is 0 Å². The summed E-state index contributed by atoms with van der Waals surface area (Å²) < 4.78 is 5.39. The van der Waals surface area contributed by atoms with Crippen molar-refractivity contribution in [3.05, 3.63) is 0 Å². The van der Waals surface area contributed by atoms with E-state index in [0.29, 0.717) is 12.3 Å². The SMILES string of the molecule is COC(=O)C[C@@H]1CC[C@@H](I)C1. The van der Waals surface area contributed by atoms with Crippen LogP contribution < -0.4 is 0 Å². The van der Waals surface area contributed by atoms with Gasteiger partial charge < -0.3 is 4.74 Å². The fraction of sp³-hybridized carbons (Fsp3) is 0.875. The van der Waals surface area contributed by atoms with Gasteiger partial charge in [0.15, 0.2) is 0 Å². The maximum Gasteiger partial charge on any atom is 0.305 e. The zero-order valence-electron chi connectivity index (χ0n) is 6.68. The van der Waals surface area contributed by atoms with Crippen LogP contribution in [0.4, 0.5) is 0 Å². The van der Waals surface area contributed by atoms with Gasteiger partial charge in [-0.3, -0.25) is 4.79 Å². The molecule has 2 atom stereocenters. The number of rotatable bonds is 2. The van der Waals surface area contributed by atoms with E-state index in [1.165, 1.54) is 26.4 Å². The summed E-state index contributed by atoms with van der Waals surface area (Å²) in [6, 6.07) is 0. The quantitative estimate of drug-likeness (QED) is 0.436. The van der Waals surface area contributed by atoms with Gasteiger partial charge in [0.2, 0.25) is 0 Å². The molecule has 1 saturated carbocycles. The van der Waals surface area contributed by atoms with E-state index in [1.807, 2.05) is 0 Å². The molecule has 0 heterocycles. The van der Waals surface area contributed by atoms with Crippen molar-refractivity contribution >= 4 is 28.6 Å². The summed E-state index contributed by atoms with van der Waals surface area (Å²) in [6.07, 6.45) is 4.27. The van der Waals surface area contributed by atoms with Crippen molar-refractivity contribution in [2.45, 2.75) is 29.6 Å². The van der Waals surface area contributed by atoms with Gasteiger partial charge in [-0.15, -0.1) is 0 Å². The Kier molecular flexibility index (Phi) is 3.62. The first kappa shape index (κ1) is 9.29. The number of carbonyl (C=O) groups excluding carboxylic acids is 1. The largest absolute Gasteiger partial charge is 0.469 e. The molecule has 0 saturated heterocycles. The molecule has 0 radical (unpaired) electrons. The van der Waals surface area contributed by atoms with Crippen LogP contribution in [0.15, 0.2) is 0 Å². The molecule has 1 aliphatic carbocycles. The monoisotopic (exact) mass is 268 g/mol. The Bertz CT molecular complexity index is 147. The third-order valence-corrected chi connectivity index (χ3v) is 3.29. The molecule has 1 aliphatic rings. The minimum absolute atomic E-state index is 0.0551. The fourth-order valence-corrected chi connectivity index (χ4v) is 2.60. The molecule has 3 heteroatoms. The average molecular weight is 268 g/mol. The first-order valence-corrected chi connectivity index (χ1v) is 5.18. The highest BCUT2D eigenvalue weighted by molar-refractivity contribution is 14.1. The standard InChI is InChI=1S/C8H13IO2/c1-11-8(10)5-6-2-3-7(9)4-6/h6-7H,2-5H2,1H3/t6-,7-/m1/s1. The molecule has 1 fully saturated rings. The Balaban J connectivity index is 2.23. The number of carbonyl (C=O) groups is 1. The lowest BCUT2D eigenvalue weighted by Gasteiger charge is -2.05. The van der Waals surface area contributed by atoms with Crippen molar-refractivity contribution in [3.63, 3.8) is 0 Å². The van der Waals surface area contributed by atoms with E-state index in [2.05, 4.69) is 27.3 Å². The van der Waals surface area contributed by atoms with Crippen molar-refractivity contribution in [1.82, 2.24) is 0 Å². The minimum Gasteiger partial charge on any atom is -0.469 e. The van der Waals surface area contributed by atoms with Gasteiger partial charge in [-0.1, -0.05) is 22.6 Å². The fourth-order valence-electron chi connectivity index (χ4n) is 1.52. The summed E-state index contributed by atoms with van der Waals surface area (Å²) in [5, 5.41) is 0. The smallest absolute Gasteiger partial charge is 0.305 e. The Labute approximate surface area is 80.8 Å². The molecule has 0 unspecified atom stereocenters. The Hall–Kier alpha value is 0.200. The van der Waals surface area contributed by atoms with Crippen LogP contribution in [0.3, 0.4) is 0 Å². The number of methoxy groups -OCH3 is 1. The van der Waals surface area contributed by atoms with Crippen molar-refractivity contribution in [2.75, 3.05) is 7.11 Å². The lowest BCUT2D eigenvalue weighted by atomic mass is 10.1. The van der Waals surface area contributed by atoms with Gasteiger partial charge in [-0.2, -0.15) is 0 Å². The van der Waals surface area contributed by atoms with Crippen LogP contribution in [0.2, 0.25) is 0 Å². The lowest BCUT2D eigenvalue weighted by Crippen LogP contribution is -2.07. The number of hydrogen-bond acceptors (Lipinski definition) is 2. The highest BCUT2D eigenvalue weighted by atomic mass is 127. The lowest BCUT2D eigenvalue weighted by molar-refractivity contribution is -0.141. The molecule has 2 nitrogen and oxygen atoms in total. The summed E-state index contributed by atoms with van der Waals surface area (Å²) in [7, 11) is 1.46. The van der Waals surface area contributed by atoms with E-state index < -0.39 is 0 Å². The second-order valence-corrected chi connectivity index (χ2v) is 4.82. The summed E-state index contributed by atoms with van der Waals surface area (Å²) in [5.74, 6) is 0.532. The molecule has 11 heavy (non-hydrogen) atoms. The zero-order chi connectivity index (χ0) is 8.27. The van der Waals surface area contributed by atoms with Crippen LogP contribution >= 0.6 is 22.6 Å². The van der Waals surface area contributed by atoms with E-state index in [-0.39, 0.29) is 5.97 Å². The number of halogens is 1. The van der Waals surface area contributed by atoms with Crippen LogP contribution in [0, 0.1) is 5.92 Å². The second kappa shape index (κ2) is 4.28. The maximum atomic E-state index is 10.8. The predicted molar refractivity (Wildman–Crippen MR) is 51.8 cm³/mol. The van der Waals surface area contributed by atoms with E-state index in [1.54, 1.807) is 0 Å². The first-order chi connectivity index (χ1) is 5.22. The van der Waals surface area contributed by atoms with Gasteiger partial charge in [0.05, 0.1) is 7.11 Å². The third-order valence-electron chi connectivity index (χ3n) is 2.16. The summed E-state index contributed by atoms with van der Waals surface area (Å²) in [5.41, 5.74) is 0. The summed E-state index contributed by atoms with van der Waals surface area (Å²) >= 11 is 2.45. The average Bonchev–Trinajstić information content (AvgIpc) is 2.35. The predicted octanol–water partition coefficient (Wildman–Crippen LogP) is 2.15. The van der Waals surface area contributed by atoms with E-state index in [0.717, 1.165) is 3.92 Å². The van der Waals surface area contributed by atoms with E-state index in [4.69, 9.17) is 0 Å². The Morgan fingerprint density at radius 2 is 2.36 bits per heavy atom. The molecule has 1 rings (SSSR count). The molecular formula is C8H13IO2. The Morgan fingerprint density at radius 1 is 1.64 bits per heavy atom. The molecule has 0 aromatic rings. The molecule has 0 N–H and O–H groups in total. The molecule has 0 bridgehead atoms. The molecule has 0 amide bonds. The van der Waals surface area contributed by atoms with Gasteiger partial charge in [-0.25, -0.2) is 0 Å². The third kappa shape index (κ3) is 2.97. The highest BCUT2D eigenvalue weighted by Crippen LogP contribution is 2.33. The zero-order valence-corrected chi connectivity index (χ0v) is 8.84. The second-order valence-electron chi connectivity index (χ2n) is 3.06. The van der Waals surface area contributed by atoms with Crippen LogP contribution in [-0.2, 0) is 9.53 Å². The van der Waals surface area contributed by atoms with Gasteiger partial charge >= 0.3 is 5.97 Å². The topological polar surface area (TPSA) is 26.3 Å². The molecule has 0 aromatic carbocycles. The van der Waals surface area contributed by atoms with Crippen molar-refractivity contribution in [2.24, 2.45) is 5.92 Å². The van der Waals surface area contributed by atoms with E-state index >= 15 is 0 Å². The van der Waals surface area contributed by atoms with Gasteiger partial charge in [-0.05, 0) is 25.2 Å². The molecule has 0 aliphatic heterocycles. The van der Waals surface area contributed by atoms with Crippen molar-refractivity contribution in [1.29, 1.82) is 0 Å². The van der Waals surface area contributed by atoms with Gasteiger partial charge in [0, 0.05) is 10.3 Å². The first-order valence-electron chi connectivity index (χ1n) is 3.93. The van der Waals surface area contributed by atoms with Crippen LogP contribution in [0.25, 0.3) is 0 Å². The summed E-state index contributed by atoms with van der Waals surface area (Å²) in [4.78, 5) is 10.8. The number of hydrogen-bond donors (Lipinski definition) is 0. The highest BCUT2D eigenvalue weighted by Gasteiger charge is 2.24. The molecule has 64 valence electrons. The molecule has 0 aromatic heterocycles. The number of ether oxygens (including phenoxy) is 1. The molecular weight excluding hydrogens is 255 g/mol. The Morgan fingerprint density at radius 3 is 2.82 bits per heavy atom.